The van der Waals surface area contributed by atoms with E-state index in [2.05, 4.69) is 27.5 Å². The van der Waals surface area contributed by atoms with Crippen LogP contribution in [0.1, 0.15) is 24.0 Å². The highest BCUT2D eigenvalue weighted by Gasteiger charge is 2.40. The maximum absolute atomic E-state index is 13.5. The van der Waals surface area contributed by atoms with Gasteiger partial charge in [0.15, 0.2) is 9.84 Å². The number of fused-ring (bicyclic) bond motifs is 1. The van der Waals surface area contributed by atoms with Crippen molar-refractivity contribution < 1.29 is 22.7 Å². The monoisotopic (exact) mass is 618 g/mol. The second-order valence-corrected chi connectivity index (χ2v) is 12.6. The van der Waals surface area contributed by atoms with Crippen molar-refractivity contribution in [3.05, 3.63) is 34.9 Å². The number of sulfone groups is 1. The summed E-state index contributed by atoms with van der Waals surface area (Å²) in [5, 5.41) is 1.75. The van der Waals surface area contributed by atoms with Gasteiger partial charge in [0.2, 0.25) is 5.91 Å². The molecule has 1 unspecified atom stereocenters. The zero-order valence-corrected chi connectivity index (χ0v) is 23.4. The Morgan fingerprint density at radius 2 is 2.06 bits per heavy atom. The van der Waals surface area contributed by atoms with Crippen LogP contribution in [0, 0.1) is 6.92 Å². The predicted octanol–water partition coefficient (Wildman–Crippen LogP) is 1.44. The predicted molar refractivity (Wildman–Crippen MR) is 143 cm³/mol. The van der Waals surface area contributed by atoms with Crippen LogP contribution >= 0.6 is 22.6 Å². The summed E-state index contributed by atoms with van der Waals surface area (Å²) in [4.78, 5) is 17.9. The summed E-state index contributed by atoms with van der Waals surface area (Å²) in [7, 11) is -1.92. The number of ether oxygens (including phenoxy) is 2. The molecule has 4 rings (SSSR count). The van der Waals surface area contributed by atoms with Gasteiger partial charge in [0.1, 0.15) is 3.92 Å². The molecular formula is C24H35IN4O5S. The summed E-state index contributed by atoms with van der Waals surface area (Å²) < 4.78 is 36.9. The summed E-state index contributed by atoms with van der Waals surface area (Å²) in [5.41, 5.74) is 2.54. The molecule has 1 aromatic rings. The minimum Gasteiger partial charge on any atom is -0.383 e. The lowest BCUT2D eigenvalue weighted by Crippen LogP contribution is -2.52. The minimum absolute atomic E-state index is 0.00172. The highest BCUT2D eigenvalue weighted by molar-refractivity contribution is 14.1. The molecule has 2 atom stereocenters. The quantitative estimate of drug-likeness (QED) is 0.212. The molecule has 2 saturated heterocycles. The van der Waals surface area contributed by atoms with E-state index < -0.39 is 13.8 Å². The maximum atomic E-state index is 13.5. The maximum Gasteiger partial charge on any atom is 0.239 e. The number of likely N-dealkylation sites (tertiary alicyclic amines) is 1. The number of benzene rings is 1. The number of hydrogen-bond acceptors (Lipinski definition) is 8. The normalized spacial score (nSPS) is 23.7. The number of aryl methyl sites for hydroxylation is 1. The summed E-state index contributed by atoms with van der Waals surface area (Å²) >= 11 is 2.09. The number of nitrogens with zero attached hydrogens (tertiary/aromatic N) is 3. The summed E-state index contributed by atoms with van der Waals surface area (Å²) in [5.74, 6) is 6.55. The van der Waals surface area contributed by atoms with Gasteiger partial charge in [-0.3, -0.25) is 9.69 Å². The van der Waals surface area contributed by atoms with Crippen LogP contribution < -0.4 is 5.84 Å². The van der Waals surface area contributed by atoms with Crippen LogP contribution in [0.4, 0.5) is 0 Å². The molecule has 3 aliphatic heterocycles. The first-order valence-electron chi connectivity index (χ1n) is 12.1. The molecule has 3 heterocycles. The fourth-order valence-electron chi connectivity index (χ4n) is 5.23. The number of rotatable bonds is 7. The van der Waals surface area contributed by atoms with Crippen LogP contribution in [0.5, 0.6) is 0 Å². The third-order valence-corrected chi connectivity index (χ3v) is 10.2. The Hall–Kier alpha value is -1.25. The Kier molecular flexibility index (Phi) is 8.75. The van der Waals surface area contributed by atoms with Crippen molar-refractivity contribution in [3.8, 4) is 0 Å². The molecule has 0 aromatic heterocycles. The Labute approximate surface area is 221 Å². The number of carbonyl (C=O) groups excluding carboxylic acids is 1. The van der Waals surface area contributed by atoms with Gasteiger partial charge in [-0.15, -0.1) is 0 Å². The number of methoxy groups -OCH3 is 1. The fraction of sp³-hybridized carbons (Fsp3) is 0.625. The molecule has 0 spiro atoms. The van der Waals surface area contributed by atoms with E-state index in [1.165, 1.54) is 0 Å². The second kappa shape index (κ2) is 11.4. The molecule has 1 amide bonds. The van der Waals surface area contributed by atoms with E-state index in [0.29, 0.717) is 60.2 Å². The van der Waals surface area contributed by atoms with Gasteiger partial charge in [-0.05, 0) is 37.4 Å². The topological polar surface area (TPSA) is 105 Å². The fourth-order valence-corrected chi connectivity index (χ4v) is 8.35. The molecular weight excluding hydrogens is 583 g/mol. The zero-order valence-electron chi connectivity index (χ0n) is 20.4. The number of amides is 1. The number of hydrogen-bond donors (Lipinski definition) is 1. The molecule has 2 N–H and O–H groups in total. The molecule has 1 aromatic carbocycles. The average Bonchev–Trinajstić information content (AvgIpc) is 2.86. The van der Waals surface area contributed by atoms with Gasteiger partial charge in [0.25, 0.3) is 0 Å². The summed E-state index contributed by atoms with van der Waals surface area (Å²) in [6.45, 7) is 7.01. The van der Waals surface area contributed by atoms with Crippen molar-refractivity contribution in [2.24, 2.45) is 5.84 Å². The lowest BCUT2D eigenvalue weighted by atomic mass is 9.98. The van der Waals surface area contributed by atoms with Crippen LogP contribution in [-0.4, -0.2) is 105 Å². The number of alkyl halides is 1. The molecule has 35 heavy (non-hydrogen) atoms. The highest BCUT2D eigenvalue weighted by atomic mass is 127. The number of carbonyl (C=O) groups is 1. The first-order chi connectivity index (χ1) is 16.7. The number of halogens is 1. The van der Waals surface area contributed by atoms with E-state index in [4.69, 9.17) is 15.3 Å². The standard InChI is InChI=1S/C24H35IN4O5S/c1-17-5-3-7-19-22(29(26)18-6-4-8-27(15-18)9-12-33-2)20(16-35(31,32)23(17)19)21(25)24(30)28-10-13-34-14-11-28/h3,5,7,18,21H,4,6,8-16,26H2,1-2H3/t18-,21?/m0/s1. The Morgan fingerprint density at radius 1 is 1.31 bits per heavy atom. The number of piperidine rings is 1. The molecule has 0 saturated carbocycles. The van der Waals surface area contributed by atoms with E-state index in [-0.39, 0.29) is 17.7 Å². The molecule has 194 valence electrons. The zero-order chi connectivity index (χ0) is 25.2. The smallest absolute Gasteiger partial charge is 0.239 e. The molecule has 11 heteroatoms. The van der Waals surface area contributed by atoms with Crippen LogP contribution in [-0.2, 0) is 24.1 Å². The SMILES string of the molecule is COCCN1CCC[C@H](N(N)C2=C(C(I)C(=O)N3CCOCC3)CS(=O)(=O)c3c(C)cccc32)C1. The van der Waals surface area contributed by atoms with Crippen LogP contribution in [0.25, 0.3) is 5.70 Å². The first kappa shape index (κ1) is 26.8. The van der Waals surface area contributed by atoms with Crippen LogP contribution in [0.2, 0.25) is 0 Å². The highest BCUT2D eigenvalue weighted by Crippen LogP contribution is 2.40. The van der Waals surface area contributed by atoms with Gasteiger partial charge in [-0.2, -0.15) is 0 Å². The second-order valence-electron chi connectivity index (χ2n) is 9.38. The van der Waals surface area contributed by atoms with Crippen LogP contribution in [0.3, 0.4) is 0 Å². The number of morpholine rings is 1. The Bertz CT molecular complexity index is 1070. The van der Waals surface area contributed by atoms with Gasteiger partial charge in [-0.1, -0.05) is 40.8 Å². The number of hydrazine groups is 1. The molecule has 0 radical (unpaired) electrons. The Morgan fingerprint density at radius 3 is 2.77 bits per heavy atom. The molecule has 3 aliphatic rings. The van der Waals surface area contributed by atoms with Gasteiger partial charge in [0, 0.05) is 38.9 Å². The summed E-state index contributed by atoms with van der Waals surface area (Å²) in [6, 6.07) is 5.50. The van der Waals surface area contributed by atoms with Crippen molar-refractivity contribution in [1.82, 2.24) is 14.8 Å². The van der Waals surface area contributed by atoms with E-state index in [0.717, 1.165) is 32.5 Å². The van der Waals surface area contributed by atoms with Crippen molar-refractivity contribution in [2.75, 3.05) is 65.4 Å². The Balaban J connectivity index is 1.75. The van der Waals surface area contributed by atoms with Gasteiger partial charge < -0.3 is 19.4 Å². The molecule has 2 fully saturated rings. The average molecular weight is 619 g/mol. The molecule has 0 aliphatic carbocycles. The van der Waals surface area contributed by atoms with E-state index >= 15 is 0 Å². The first-order valence-corrected chi connectivity index (χ1v) is 15.0. The van der Waals surface area contributed by atoms with Crippen LogP contribution in [0.15, 0.2) is 28.7 Å². The largest absolute Gasteiger partial charge is 0.383 e. The van der Waals surface area contributed by atoms with Crippen molar-refractivity contribution in [1.29, 1.82) is 0 Å². The van der Waals surface area contributed by atoms with Gasteiger partial charge in [-0.25, -0.2) is 14.3 Å². The van der Waals surface area contributed by atoms with Crippen molar-refractivity contribution in [2.45, 2.75) is 34.6 Å². The van der Waals surface area contributed by atoms with E-state index in [9.17, 15) is 13.2 Å². The van der Waals surface area contributed by atoms with Gasteiger partial charge in [0.05, 0.1) is 42.2 Å². The lowest BCUT2D eigenvalue weighted by Gasteiger charge is -2.41. The minimum atomic E-state index is -3.62. The third-order valence-electron chi connectivity index (χ3n) is 7.02. The lowest BCUT2D eigenvalue weighted by molar-refractivity contribution is -0.133. The van der Waals surface area contributed by atoms with Crippen molar-refractivity contribution >= 4 is 44.0 Å². The van der Waals surface area contributed by atoms with Crippen molar-refractivity contribution in [3.63, 3.8) is 0 Å². The number of nitrogens with two attached hydrogens (primary N) is 1. The third kappa shape index (κ3) is 5.69. The molecule has 0 bridgehead atoms. The summed E-state index contributed by atoms with van der Waals surface area (Å²) in [6.07, 6.45) is 1.89. The van der Waals surface area contributed by atoms with E-state index in [1.54, 1.807) is 17.0 Å². The van der Waals surface area contributed by atoms with E-state index in [1.807, 2.05) is 25.1 Å². The molecule has 9 nitrogen and oxygen atoms in total. The van der Waals surface area contributed by atoms with Gasteiger partial charge >= 0.3 is 0 Å².